The Morgan fingerprint density at radius 2 is 1.80 bits per heavy atom. The van der Waals surface area contributed by atoms with Crippen molar-refractivity contribution in [3.05, 3.63) is 0 Å². The van der Waals surface area contributed by atoms with Gasteiger partial charge >= 0.3 is 0 Å². The lowest BCUT2D eigenvalue weighted by atomic mass is 9.67. The van der Waals surface area contributed by atoms with Gasteiger partial charge in [-0.2, -0.15) is 0 Å². The van der Waals surface area contributed by atoms with E-state index in [2.05, 4.69) is 19.2 Å². The summed E-state index contributed by atoms with van der Waals surface area (Å²) in [5.74, 6) is 0. The van der Waals surface area contributed by atoms with Crippen molar-refractivity contribution in [1.82, 2.24) is 5.32 Å². The molecule has 2 nitrogen and oxygen atoms in total. The largest absolute Gasteiger partial charge is 0.378 e. The van der Waals surface area contributed by atoms with Crippen LogP contribution in [0, 0.1) is 0 Å². The van der Waals surface area contributed by atoms with Crippen LogP contribution >= 0.6 is 0 Å². The van der Waals surface area contributed by atoms with Crippen LogP contribution in [-0.4, -0.2) is 25.3 Å². The first-order chi connectivity index (χ1) is 4.54. The summed E-state index contributed by atoms with van der Waals surface area (Å²) in [7, 11) is 3.80. The van der Waals surface area contributed by atoms with Crippen LogP contribution in [0.4, 0.5) is 0 Å². The standard InChI is InChI=1S/C8H17NO/c1-7(9-3)5-8(2,6-7)10-4/h9H,5-6H2,1-4H3. The lowest BCUT2D eigenvalue weighted by molar-refractivity contribution is -0.105. The maximum atomic E-state index is 5.33. The Hall–Kier alpha value is -0.0800. The molecule has 0 saturated heterocycles. The first-order valence-corrected chi connectivity index (χ1v) is 3.78. The zero-order valence-corrected chi connectivity index (χ0v) is 7.32. The predicted octanol–water partition coefficient (Wildman–Crippen LogP) is 1.16. The van der Waals surface area contributed by atoms with Gasteiger partial charge in [-0.15, -0.1) is 0 Å². The van der Waals surface area contributed by atoms with Crippen molar-refractivity contribution in [1.29, 1.82) is 0 Å². The average molecular weight is 143 g/mol. The predicted molar refractivity (Wildman–Crippen MR) is 42.1 cm³/mol. The first kappa shape index (κ1) is 8.02. The van der Waals surface area contributed by atoms with Crippen molar-refractivity contribution in [3.8, 4) is 0 Å². The third kappa shape index (κ3) is 1.18. The van der Waals surface area contributed by atoms with E-state index in [1.54, 1.807) is 7.11 Å². The van der Waals surface area contributed by atoms with E-state index in [4.69, 9.17) is 4.74 Å². The fourth-order valence-corrected chi connectivity index (χ4v) is 1.92. The van der Waals surface area contributed by atoms with Gasteiger partial charge in [0.2, 0.25) is 0 Å². The molecule has 0 spiro atoms. The van der Waals surface area contributed by atoms with E-state index in [1.807, 2.05) is 7.05 Å². The molecule has 0 aromatic heterocycles. The molecule has 0 radical (unpaired) electrons. The Morgan fingerprint density at radius 1 is 1.30 bits per heavy atom. The van der Waals surface area contributed by atoms with Crippen molar-refractivity contribution in [2.24, 2.45) is 0 Å². The van der Waals surface area contributed by atoms with Gasteiger partial charge in [0.1, 0.15) is 0 Å². The van der Waals surface area contributed by atoms with E-state index in [-0.39, 0.29) is 5.60 Å². The monoisotopic (exact) mass is 143 g/mol. The molecule has 0 amide bonds. The van der Waals surface area contributed by atoms with E-state index >= 15 is 0 Å². The number of hydrogen-bond acceptors (Lipinski definition) is 2. The zero-order chi connectivity index (χ0) is 7.83. The molecular formula is C8H17NO. The van der Waals surface area contributed by atoms with Crippen LogP contribution in [0.15, 0.2) is 0 Å². The average Bonchev–Trinajstić information content (AvgIpc) is 1.85. The van der Waals surface area contributed by atoms with Crippen molar-refractivity contribution < 1.29 is 4.74 Å². The molecule has 1 aliphatic carbocycles. The number of nitrogens with one attached hydrogen (secondary N) is 1. The van der Waals surface area contributed by atoms with Gasteiger partial charge in [-0.1, -0.05) is 0 Å². The molecule has 1 fully saturated rings. The smallest absolute Gasteiger partial charge is 0.0685 e. The first-order valence-electron chi connectivity index (χ1n) is 3.78. The van der Waals surface area contributed by atoms with Crippen LogP contribution in [0.1, 0.15) is 26.7 Å². The van der Waals surface area contributed by atoms with Crippen molar-refractivity contribution >= 4 is 0 Å². The molecule has 0 heterocycles. The highest BCUT2D eigenvalue weighted by Gasteiger charge is 2.48. The van der Waals surface area contributed by atoms with Crippen molar-refractivity contribution in [2.45, 2.75) is 37.8 Å². The Bertz CT molecular complexity index is 113. The minimum absolute atomic E-state index is 0.137. The summed E-state index contributed by atoms with van der Waals surface area (Å²) in [5, 5.41) is 3.29. The van der Waals surface area contributed by atoms with Crippen LogP contribution in [0.3, 0.4) is 0 Å². The molecular weight excluding hydrogens is 126 g/mol. The Labute approximate surface area is 63.0 Å². The quantitative estimate of drug-likeness (QED) is 0.626. The van der Waals surface area contributed by atoms with Crippen molar-refractivity contribution in [3.63, 3.8) is 0 Å². The molecule has 0 aliphatic heterocycles. The van der Waals surface area contributed by atoms with Gasteiger partial charge in [0.25, 0.3) is 0 Å². The summed E-state index contributed by atoms with van der Waals surface area (Å²) in [6.07, 6.45) is 2.24. The highest BCUT2D eigenvalue weighted by molar-refractivity contribution is 5.05. The summed E-state index contributed by atoms with van der Waals surface area (Å²) in [6.45, 7) is 4.39. The molecule has 2 heteroatoms. The van der Waals surface area contributed by atoms with Crippen LogP contribution in [0.5, 0.6) is 0 Å². The Kier molecular flexibility index (Phi) is 1.77. The van der Waals surface area contributed by atoms with Crippen LogP contribution in [0.25, 0.3) is 0 Å². The van der Waals surface area contributed by atoms with E-state index in [9.17, 15) is 0 Å². The highest BCUT2D eigenvalue weighted by atomic mass is 16.5. The zero-order valence-electron chi connectivity index (χ0n) is 7.32. The van der Waals surface area contributed by atoms with Gasteiger partial charge in [0.05, 0.1) is 5.60 Å². The van der Waals surface area contributed by atoms with Gasteiger partial charge in [-0.3, -0.25) is 0 Å². The van der Waals surface area contributed by atoms with Crippen LogP contribution in [0.2, 0.25) is 0 Å². The van der Waals surface area contributed by atoms with Gasteiger partial charge in [0, 0.05) is 12.6 Å². The van der Waals surface area contributed by atoms with Crippen LogP contribution < -0.4 is 5.32 Å². The molecule has 10 heavy (non-hydrogen) atoms. The topological polar surface area (TPSA) is 21.3 Å². The maximum Gasteiger partial charge on any atom is 0.0685 e. The lowest BCUT2D eigenvalue weighted by Gasteiger charge is -2.51. The summed E-state index contributed by atoms with van der Waals surface area (Å²) in [6, 6.07) is 0. The lowest BCUT2D eigenvalue weighted by Crippen LogP contribution is -2.60. The summed E-state index contributed by atoms with van der Waals surface area (Å²) >= 11 is 0. The number of hydrogen-bond donors (Lipinski definition) is 1. The van der Waals surface area contributed by atoms with Gasteiger partial charge in [-0.25, -0.2) is 0 Å². The third-order valence-corrected chi connectivity index (χ3v) is 2.62. The number of methoxy groups -OCH3 is 1. The van der Waals surface area contributed by atoms with Gasteiger partial charge in [-0.05, 0) is 33.7 Å². The molecule has 1 saturated carbocycles. The van der Waals surface area contributed by atoms with Gasteiger partial charge in [0.15, 0.2) is 0 Å². The van der Waals surface area contributed by atoms with E-state index in [0.29, 0.717) is 5.54 Å². The maximum absolute atomic E-state index is 5.33. The third-order valence-electron chi connectivity index (χ3n) is 2.62. The Balaban J connectivity index is 2.42. The number of ether oxygens (including phenoxy) is 1. The number of rotatable bonds is 2. The minimum Gasteiger partial charge on any atom is -0.378 e. The molecule has 1 aliphatic rings. The minimum atomic E-state index is 0.137. The second kappa shape index (κ2) is 2.21. The highest BCUT2D eigenvalue weighted by Crippen LogP contribution is 2.42. The second-order valence-corrected chi connectivity index (χ2v) is 3.82. The summed E-state index contributed by atoms with van der Waals surface area (Å²) < 4.78 is 5.33. The molecule has 60 valence electrons. The fourth-order valence-electron chi connectivity index (χ4n) is 1.92. The summed E-state index contributed by atoms with van der Waals surface area (Å²) in [5.41, 5.74) is 0.461. The fraction of sp³-hybridized carbons (Fsp3) is 1.00. The molecule has 0 unspecified atom stereocenters. The molecule has 1 N–H and O–H groups in total. The SMILES string of the molecule is CNC1(C)CC(C)(OC)C1. The van der Waals surface area contributed by atoms with Crippen molar-refractivity contribution in [2.75, 3.05) is 14.2 Å². The van der Waals surface area contributed by atoms with E-state index in [1.165, 1.54) is 0 Å². The molecule has 0 bridgehead atoms. The molecule has 0 aromatic carbocycles. The molecule has 0 atom stereocenters. The van der Waals surface area contributed by atoms with E-state index < -0.39 is 0 Å². The normalized spacial score (nSPS) is 46.8. The second-order valence-electron chi connectivity index (χ2n) is 3.82. The molecule has 0 aromatic rings. The Morgan fingerprint density at radius 3 is 2.10 bits per heavy atom. The van der Waals surface area contributed by atoms with E-state index in [0.717, 1.165) is 12.8 Å². The summed E-state index contributed by atoms with van der Waals surface area (Å²) in [4.78, 5) is 0. The van der Waals surface area contributed by atoms with Crippen LogP contribution in [-0.2, 0) is 4.74 Å². The van der Waals surface area contributed by atoms with Gasteiger partial charge < -0.3 is 10.1 Å². The molecule has 1 rings (SSSR count).